The van der Waals surface area contributed by atoms with Crippen LogP contribution >= 0.6 is 23.1 Å². The Balaban J connectivity index is 1.59. The van der Waals surface area contributed by atoms with Gasteiger partial charge < -0.3 is 0 Å². The highest BCUT2D eigenvalue weighted by molar-refractivity contribution is 7.99. The van der Waals surface area contributed by atoms with Crippen LogP contribution in [0.15, 0.2) is 66.0 Å². The van der Waals surface area contributed by atoms with Crippen molar-refractivity contribution in [3.05, 3.63) is 71.4 Å². The lowest BCUT2D eigenvalue weighted by Gasteiger charge is -2.12. The lowest BCUT2D eigenvalue weighted by molar-refractivity contribution is -0.113. The Bertz CT molecular complexity index is 1120. The topological polar surface area (TPSA) is 72.7 Å². The lowest BCUT2D eigenvalue weighted by Crippen LogP contribution is -2.14. The van der Waals surface area contributed by atoms with Gasteiger partial charge in [-0.2, -0.15) is 0 Å². The third-order valence-electron chi connectivity index (χ3n) is 4.20. The van der Waals surface area contributed by atoms with Crippen molar-refractivity contribution in [3.63, 3.8) is 0 Å². The molecule has 2 aromatic carbocycles. The molecule has 4 aromatic rings. The molecule has 1 amide bonds. The number of amides is 1. The van der Waals surface area contributed by atoms with E-state index in [0.717, 1.165) is 27.1 Å². The number of para-hydroxylation sites is 1. The zero-order valence-corrected chi connectivity index (χ0v) is 17.6. The van der Waals surface area contributed by atoms with E-state index in [1.54, 1.807) is 0 Å². The molecule has 0 saturated carbocycles. The SMILES string of the molecule is Cc1ccc(-c2cnc(SCC(=O)Nc3nnc(C)s3)n2-c2ccccc2)cc1. The molecule has 0 fully saturated rings. The van der Waals surface area contributed by atoms with Crippen molar-refractivity contribution < 1.29 is 4.79 Å². The molecule has 4 rings (SSSR count). The molecular weight excluding hydrogens is 402 g/mol. The number of nitrogens with zero attached hydrogens (tertiary/aromatic N) is 4. The van der Waals surface area contributed by atoms with Gasteiger partial charge in [-0.05, 0) is 26.0 Å². The van der Waals surface area contributed by atoms with Crippen molar-refractivity contribution in [2.75, 3.05) is 11.1 Å². The maximum Gasteiger partial charge on any atom is 0.236 e. The summed E-state index contributed by atoms with van der Waals surface area (Å²) >= 11 is 2.75. The first-order valence-corrected chi connectivity index (χ1v) is 10.8. The summed E-state index contributed by atoms with van der Waals surface area (Å²) in [6.45, 7) is 3.92. The quantitative estimate of drug-likeness (QED) is 0.455. The number of carbonyl (C=O) groups excluding carboxylic acids is 1. The fourth-order valence-electron chi connectivity index (χ4n) is 2.82. The van der Waals surface area contributed by atoms with Crippen LogP contribution in [0.5, 0.6) is 0 Å². The van der Waals surface area contributed by atoms with E-state index in [1.165, 1.54) is 28.7 Å². The van der Waals surface area contributed by atoms with Crippen molar-refractivity contribution in [1.29, 1.82) is 0 Å². The summed E-state index contributed by atoms with van der Waals surface area (Å²) in [5.74, 6) is 0.0983. The van der Waals surface area contributed by atoms with Crippen molar-refractivity contribution in [3.8, 4) is 16.9 Å². The molecule has 2 heterocycles. The third-order valence-corrected chi connectivity index (χ3v) is 5.90. The van der Waals surface area contributed by atoms with Gasteiger partial charge in [-0.3, -0.25) is 14.7 Å². The van der Waals surface area contributed by atoms with E-state index < -0.39 is 0 Å². The predicted molar refractivity (Wildman–Crippen MR) is 118 cm³/mol. The molecule has 146 valence electrons. The Morgan fingerprint density at radius 3 is 2.52 bits per heavy atom. The minimum Gasteiger partial charge on any atom is -0.300 e. The molecule has 0 spiro atoms. The molecule has 0 atom stereocenters. The van der Waals surface area contributed by atoms with Crippen LogP contribution < -0.4 is 5.32 Å². The van der Waals surface area contributed by atoms with Crippen LogP contribution in [0.4, 0.5) is 5.13 Å². The Labute approximate surface area is 177 Å². The van der Waals surface area contributed by atoms with Crippen LogP contribution in [-0.2, 0) is 4.79 Å². The van der Waals surface area contributed by atoms with Crippen LogP contribution in [-0.4, -0.2) is 31.4 Å². The number of nitrogens with one attached hydrogen (secondary N) is 1. The molecule has 0 aliphatic rings. The van der Waals surface area contributed by atoms with Crippen LogP contribution in [0, 0.1) is 13.8 Å². The molecule has 1 N–H and O–H groups in total. The maximum absolute atomic E-state index is 12.3. The third kappa shape index (κ3) is 4.55. The highest BCUT2D eigenvalue weighted by Gasteiger charge is 2.16. The number of imidazole rings is 1. The first-order chi connectivity index (χ1) is 14.1. The number of hydrogen-bond donors (Lipinski definition) is 1. The van der Waals surface area contributed by atoms with Gasteiger partial charge >= 0.3 is 0 Å². The van der Waals surface area contributed by atoms with Crippen molar-refractivity contribution in [2.24, 2.45) is 0 Å². The number of benzene rings is 2. The summed E-state index contributed by atoms with van der Waals surface area (Å²) in [6.07, 6.45) is 1.85. The minimum atomic E-state index is -0.134. The summed E-state index contributed by atoms with van der Waals surface area (Å²) in [5.41, 5.74) is 4.27. The molecule has 0 aliphatic carbocycles. The second-order valence-corrected chi connectivity index (χ2v) is 8.55. The van der Waals surface area contributed by atoms with Crippen molar-refractivity contribution in [1.82, 2.24) is 19.7 Å². The second-order valence-electron chi connectivity index (χ2n) is 6.43. The highest BCUT2D eigenvalue weighted by atomic mass is 32.2. The molecule has 6 nitrogen and oxygen atoms in total. The summed E-state index contributed by atoms with van der Waals surface area (Å²) < 4.78 is 2.08. The fourth-order valence-corrected chi connectivity index (χ4v) is 4.22. The molecule has 0 aliphatic heterocycles. The van der Waals surface area contributed by atoms with E-state index in [-0.39, 0.29) is 11.7 Å². The van der Waals surface area contributed by atoms with Gasteiger partial charge in [0, 0.05) is 11.3 Å². The van der Waals surface area contributed by atoms with E-state index in [4.69, 9.17) is 0 Å². The molecule has 8 heteroatoms. The number of anilines is 1. The van der Waals surface area contributed by atoms with Gasteiger partial charge in [0.05, 0.1) is 17.6 Å². The number of aryl methyl sites for hydroxylation is 2. The predicted octanol–water partition coefficient (Wildman–Crippen LogP) is 4.74. The average molecular weight is 422 g/mol. The van der Waals surface area contributed by atoms with E-state index in [9.17, 15) is 4.79 Å². The van der Waals surface area contributed by atoms with E-state index in [1.807, 2.05) is 43.5 Å². The molecule has 0 bridgehead atoms. The monoisotopic (exact) mass is 421 g/mol. The first kappa shape index (κ1) is 19.4. The van der Waals surface area contributed by atoms with E-state index >= 15 is 0 Å². The van der Waals surface area contributed by atoms with Crippen LogP contribution in [0.1, 0.15) is 10.6 Å². The number of carbonyl (C=O) groups is 1. The zero-order chi connectivity index (χ0) is 20.2. The lowest BCUT2D eigenvalue weighted by atomic mass is 10.1. The van der Waals surface area contributed by atoms with Crippen LogP contribution in [0.25, 0.3) is 16.9 Å². The van der Waals surface area contributed by atoms with Crippen molar-refractivity contribution >= 4 is 34.1 Å². The van der Waals surface area contributed by atoms with Gasteiger partial charge in [-0.1, -0.05) is 71.1 Å². The average Bonchev–Trinajstić information content (AvgIpc) is 3.33. The Hall–Kier alpha value is -2.97. The van der Waals surface area contributed by atoms with E-state index in [0.29, 0.717) is 5.13 Å². The summed E-state index contributed by atoms with van der Waals surface area (Å²) in [5, 5.41) is 12.7. The largest absolute Gasteiger partial charge is 0.300 e. The standard InChI is InChI=1S/C21H19N5OS2/c1-14-8-10-16(11-9-14)18-12-22-21(26(18)17-6-4-3-5-7-17)28-13-19(27)23-20-25-24-15(2)29-20/h3-12H,13H2,1-2H3,(H,23,25,27). The van der Waals surface area contributed by atoms with Crippen LogP contribution in [0.2, 0.25) is 0 Å². The van der Waals surface area contributed by atoms with Gasteiger partial charge in [0.1, 0.15) is 5.01 Å². The van der Waals surface area contributed by atoms with Gasteiger partial charge in [-0.15, -0.1) is 10.2 Å². The summed E-state index contributed by atoms with van der Waals surface area (Å²) in [6, 6.07) is 18.4. The Morgan fingerprint density at radius 1 is 1.07 bits per heavy atom. The van der Waals surface area contributed by atoms with Crippen molar-refractivity contribution in [2.45, 2.75) is 19.0 Å². The smallest absolute Gasteiger partial charge is 0.236 e. The normalized spacial score (nSPS) is 10.8. The Kier molecular flexibility index (Phi) is 5.73. The van der Waals surface area contributed by atoms with Gasteiger partial charge in [-0.25, -0.2) is 4.98 Å². The first-order valence-electron chi connectivity index (χ1n) is 9.03. The molecule has 0 radical (unpaired) electrons. The molecule has 29 heavy (non-hydrogen) atoms. The van der Waals surface area contributed by atoms with E-state index in [2.05, 4.69) is 56.3 Å². The fraction of sp³-hybridized carbons (Fsp3) is 0.143. The molecule has 2 aromatic heterocycles. The van der Waals surface area contributed by atoms with Gasteiger partial charge in [0.15, 0.2) is 5.16 Å². The molecular formula is C21H19N5OS2. The van der Waals surface area contributed by atoms with Gasteiger partial charge in [0.2, 0.25) is 11.0 Å². The summed E-state index contributed by atoms with van der Waals surface area (Å²) in [7, 11) is 0. The number of aromatic nitrogens is 4. The number of rotatable bonds is 6. The van der Waals surface area contributed by atoms with Gasteiger partial charge in [0.25, 0.3) is 0 Å². The van der Waals surface area contributed by atoms with Crippen LogP contribution in [0.3, 0.4) is 0 Å². The number of thioether (sulfide) groups is 1. The number of hydrogen-bond acceptors (Lipinski definition) is 6. The second kappa shape index (κ2) is 8.59. The summed E-state index contributed by atoms with van der Waals surface area (Å²) in [4.78, 5) is 16.9. The highest BCUT2D eigenvalue weighted by Crippen LogP contribution is 2.30. The zero-order valence-electron chi connectivity index (χ0n) is 16.0. The molecule has 0 unspecified atom stereocenters. The Morgan fingerprint density at radius 2 is 1.83 bits per heavy atom. The minimum absolute atomic E-state index is 0.134. The molecule has 0 saturated heterocycles. The maximum atomic E-state index is 12.3.